The van der Waals surface area contributed by atoms with Gasteiger partial charge in [0.2, 0.25) is 5.91 Å². The minimum atomic E-state index is -0.251. The van der Waals surface area contributed by atoms with Crippen LogP contribution in [0.3, 0.4) is 0 Å². The highest BCUT2D eigenvalue weighted by molar-refractivity contribution is 5.95. The number of rotatable bonds is 3. The minimum Gasteiger partial charge on any atom is -0.378 e. The van der Waals surface area contributed by atoms with Gasteiger partial charge in [-0.25, -0.2) is 0 Å². The fraction of sp³-hybridized carbons (Fsp3) is 0.533. The summed E-state index contributed by atoms with van der Waals surface area (Å²) in [5.74, 6) is 0.130. The van der Waals surface area contributed by atoms with Crippen LogP contribution in [0, 0.1) is 5.41 Å². The van der Waals surface area contributed by atoms with Gasteiger partial charge in [-0.15, -0.1) is 0 Å². The largest absolute Gasteiger partial charge is 0.378 e. The molecule has 1 saturated heterocycles. The van der Waals surface area contributed by atoms with E-state index in [-0.39, 0.29) is 11.3 Å². The standard InChI is InChI=1S/C15H23N3O/c1-15(7-9-16-10-8-15)14(19)17-12-5-4-6-13(11-12)18(2)3/h4-6,11,16H,7-10H2,1-3H3,(H,17,19). The van der Waals surface area contributed by atoms with Gasteiger partial charge in [-0.05, 0) is 44.1 Å². The first-order valence-corrected chi connectivity index (χ1v) is 6.81. The van der Waals surface area contributed by atoms with Crippen LogP contribution in [0.4, 0.5) is 11.4 Å². The molecule has 1 aliphatic rings. The quantitative estimate of drug-likeness (QED) is 0.875. The predicted octanol–water partition coefficient (Wildman–Crippen LogP) is 2.08. The van der Waals surface area contributed by atoms with Crippen molar-refractivity contribution >= 4 is 17.3 Å². The molecule has 0 spiro atoms. The van der Waals surface area contributed by atoms with Crippen LogP contribution in [0.25, 0.3) is 0 Å². The third kappa shape index (κ3) is 3.26. The van der Waals surface area contributed by atoms with Gasteiger partial charge in [0, 0.05) is 30.9 Å². The van der Waals surface area contributed by atoms with Crippen LogP contribution in [0.2, 0.25) is 0 Å². The van der Waals surface area contributed by atoms with Crippen molar-refractivity contribution in [2.24, 2.45) is 5.41 Å². The Labute approximate surface area is 115 Å². The van der Waals surface area contributed by atoms with Gasteiger partial charge in [0.15, 0.2) is 0 Å². The molecule has 1 aromatic rings. The molecule has 0 unspecified atom stereocenters. The highest BCUT2D eigenvalue weighted by atomic mass is 16.2. The number of hydrogen-bond acceptors (Lipinski definition) is 3. The molecular formula is C15H23N3O. The summed E-state index contributed by atoms with van der Waals surface area (Å²) in [6.45, 7) is 3.89. The van der Waals surface area contributed by atoms with E-state index in [1.165, 1.54) is 0 Å². The van der Waals surface area contributed by atoms with Gasteiger partial charge in [0.05, 0.1) is 0 Å². The van der Waals surface area contributed by atoms with Crippen molar-refractivity contribution in [1.29, 1.82) is 0 Å². The van der Waals surface area contributed by atoms with Crippen LogP contribution in [0.1, 0.15) is 19.8 Å². The minimum absolute atomic E-state index is 0.130. The van der Waals surface area contributed by atoms with Crippen LogP contribution in [0.15, 0.2) is 24.3 Å². The average molecular weight is 261 g/mol. The molecule has 0 radical (unpaired) electrons. The number of nitrogens with one attached hydrogen (secondary N) is 2. The number of nitrogens with zero attached hydrogens (tertiary/aromatic N) is 1. The topological polar surface area (TPSA) is 44.4 Å². The monoisotopic (exact) mass is 261 g/mol. The molecule has 2 rings (SSSR count). The third-order valence-electron chi connectivity index (χ3n) is 3.88. The highest BCUT2D eigenvalue weighted by Crippen LogP contribution is 2.30. The van der Waals surface area contributed by atoms with Crippen molar-refractivity contribution in [3.63, 3.8) is 0 Å². The van der Waals surface area contributed by atoms with Gasteiger partial charge in [-0.3, -0.25) is 4.79 Å². The smallest absolute Gasteiger partial charge is 0.230 e. The maximum atomic E-state index is 12.4. The molecule has 0 aromatic heterocycles. The Morgan fingerprint density at radius 2 is 2.00 bits per heavy atom. The Hall–Kier alpha value is -1.55. The summed E-state index contributed by atoms with van der Waals surface area (Å²) in [5, 5.41) is 6.35. The summed E-state index contributed by atoms with van der Waals surface area (Å²) >= 11 is 0. The molecular weight excluding hydrogens is 238 g/mol. The number of piperidine rings is 1. The Morgan fingerprint density at radius 3 is 2.63 bits per heavy atom. The van der Waals surface area contributed by atoms with Crippen molar-refractivity contribution in [3.05, 3.63) is 24.3 Å². The summed E-state index contributed by atoms with van der Waals surface area (Å²) in [7, 11) is 3.99. The maximum absolute atomic E-state index is 12.4. The van der Waals surface area contributed by atoms with E-state index in [4.69, 9.17) is 0 Å². The Bertz CT molecular complexity index is 450. The highest BCUT2D eigenvalue weighted by Gasteiger charge is 2.34. The molecule has 4 nitrogen and oxygen atoms in total. The molecule has 4 heteroatoms. The Kier molecular flexibility index (Phi) is 4.10. The lowest BCUT2D eigenvalue weighted by molar-refractivity contribution is -0.126. The van der Waals surface area contributed by atoms with Gasteiger partial charge < -0.3 is 15.5 Å². The van der Waals surface area contributed by atoms with E-state index >= 15 is 0 Å². The molecule has 1 amide bonds. The molecule has 2 N–H and O–H groups in total. The number of amides is 1. The zero-order chi connectivity index (χ0) is 13.9. The van der Waals surface area contributed by atoms with Crippen molar-refractivity contribution < 1.29 is 4.79 Å². The molecule has 19 heavy (non-hydrogen) atoms. The van der Waals surface area contributed by atoms with Crippen LogP contribution in [-0.2, 0) is 4.79 Å². The first kappa shape index (κ1) is 13.9. The van der Waals surface area contributed by atoms with E-state index in [0.29, 0.717) is 0 Å². The molecule has 1 heterocycles. The number of hydrogen-bond donors (Lipinski definition) is 2. The van der Waals surface area contributed by atoms with Gasteiger partial charge in [-0.2, -0.15) is 0 Å². The summed E-state index contributed by atoms with van der Waals surface area (Å²) < 4.78 is 0. The van der Waals surface area contributed by atoms with Crippen molar-refractivity contribution in [2.75, 3.05) is 37.4 Å². The predicted molar refractivity (Wildman–Crippen MR) is 79.6 cm³/mol. The number of benzene rings is 1. The number of carbonyl (C=O) groups is 1. The van der Waals surface area contributed by atoms with Crippen LogP contribution >= 0.6 is 0 Å². The van der Waals surface area contributed by atoms with E-state index in [2.05, 4.69) is 17.6 Å². The molecule has 1 aromatic carbocycles. The first-order chi connectivity index (χ1) is 9.01. The normalized spacial score (nSPS) is 17.8. The second-order valence-corrected chi connectivity index (χ2v) is 5.71. The molecule has 1 aliphatic heterocycles. The van der Waals surface area contributed by atoms with Gasteiger partial charge >= 0.3 is 0 Å². The van der Waals surface area contributed by atoms with Crippen LogP contribution < -0.4 is 15.5 Å². The van der Waals surface area contributed by atoms with Crippen molar-refractivity contribution in [3.8, 4) is 0 Å². The molecule has 0 aliphatic carbocycles. The second kappa shape index (κ2) is 5.61. The summed E-state index contributed by atoms with van der Waals surface area (Å²) in [4.78, 5) is 14.4. The summed E-state index contributed by atoms with van der Waals surface area (Å²) in [6, 6.07) is 7.94. The summed E-state index contributed by atoms with van der Waals surface area (Å²) in [6.07, 6.45) is 1.79. The van der Waals surface area contributed by atoms with E-state index in [1.54, 1.807) is 0 Å². The fourth-order valence-electron chi connectivity index (χ4n) is 2.35. The molecule has 104 valence electrons. The molecule has 0 saturated carbocycles. The van der Waals surface area contributed by atoms with Gasteiger partial charge in [-0.1, -0.05) is 13.0 Å². The van der Waals surface area contributed by atoms with Gasteiger partial charge in [0.1, 0.15) is 0 Å². The molecule has 0 atom stereocenters. The van der Waals surface area contributed by atoms with Crippen molar-refractivity contribution in [2.45, 2.75) is 19.8 Å². The average Bonchev–Trinajstić information content (AvgIpc) is 2.40. The van der Waals surface area contributed by atoms with Crippen LogP contribution in [-0.4, -0.2) is 33.1 Å². The molecule has 0 bridgehead atoms. The first-order valence-electron chi connectivity index (χ1n) is 6.81. The van der Waals surface area contributed by atoms with Crippen molar-refractivity contribution in [1.82, 2.24) is 5.32 Å². The van der Waals surface area contributed by atoms with E-state index in [1.807, 2.05) is 43.3 Å². The lowest BCUT2D eigenvalue weighted by Gasteiger charge is -2.32. The van der Waals surface area contributed by atoms with Crippen LogP contribution in [0.5, 0.6) is 0 Å². The SMILES string of the molecule is CN(C)c1cccc(NC(=O)C2(C)CCNCC2)c1. The Morgan fingerprint density at radius 1 is 1.32 bits per heavy atom. The lowest BCUT2D eigenvalue weighted by Crippen LogP contribution is -2.42. The van der Waals surface area contributed by atoms with Gasteiger partial charge in [0.25, 0.3) is 0 Å². The van der Waals surface area contributed by atoms with E-state index in [9.17, 15) is 4.79 Å². The Balaban J connectivity index is 2.08. The lowest BCUT2D eigenvalue weighted by atomic mass is 9.80. The number of carbonyl (C=O) groups excluding carboxylic acids is 1. The van der Waals surface area contributed by atoms with E-state index < -0.39 is 0 Å². The zero-order valence-electron chi connectivity index (χ0n) is 12.0. The van der Waals surface area contributed by atoms with E-state index in [0.717, 1.165) is 37.3 Å². The zero-order valence-corrected chi connectivity index (χ0v) is 12.0. The molecule has 1 fully saturated rings. The fourth-order valence-corrected chi connectivity index (χ4v) is 2.35. The third-order valence-corrected chi connectivity index (χ3v) is 3.88. The number of anilines is 2. The maximum Gasteiger partial charge on any atom is 0.230 e. The summed E-state index contributed by atoms with van der Waals surface area (Å²) in [5.41, 5.74) is 1.71. The second-order valence-electron chi connectivity index (χ2n) is 5.71.